The number of allylic oxidation sites excluding steroid dienone is 1. The first-order valence-corrected chi connectivity index (χ1v) is 3.82. The van der Waals surface area contributed by atoms with Gasteiger partial charge in [-0.05, 0) is 6.42 Å². The maximum atomic E-state index is 10.5. The summed E-state index contributed by atoms with van der Waals surface area (Å²) in [5.74, 6) is -2.48. The average Bonchev–Trinajstić information content (AvgIpc) is 2.03. The molecule has 0 spiro atoms. The van der Waals surface area contributed by atoms with Crippen molar-refractivity contribution in [2.24, 2.45) is 5.73 Å². The molecule has 0 aliphatic rings. The number of amides is 1. The predicted octanol–water partition coefficient (Wildman–Crippen LogP) is 0.0623. The second-order valence-electron chi connectivity index (χ2n) is 2.55. The number of aliphatic hydroxyl groups excluding tert-OH is 1. The molecule has 0 saturated heterocycles. The van der Waals surface area contributed by atoms with Crippen molar-refractivity contribution < 1.29 is 19.8 Å². The van der Waals surface area contributed by atoms with Gasteiger partial charge in [0.05, 0.1) is 0 Å². The van der Waals surface area contributed by atoms with E-state index in [1.54, 1.807) is 0 Å². The van der Waals surface area contributed by atoms with Crippen LogP contribution < -0.4 is 5.73 Å². The lowest BCUT2D eigenvalue weighted by molar-refractivity contribution is -0.137. The molecule has 0 heterocycles. The van der Waals surface area contributed by atoms with Crippen LogP contribution >= 0.6 is 0 Å². The molecule has 6 heteroatoms. The SMILES string of the molecule is N#C/C(C(N)=O)=C(/O)CCCC(=O)O. The highest BCUT2D eigenvalue weighted by atomic mass is 16.4. The topological polar surface area (TPSA) is 124 Å². The van der Waals surface area contributed by atoms with E-state index < -0.39 is 23.2 Å². The van der Waals surface area contributed by atoms with Crippen molar-refractivity contribution in [2.75, 3.05) is 0 Å². The van der Waals surface area contributed by atoms with E-state index in [1.807, 2.05) is 0 Å². The molecule has 76 valence electrons. The molecular weight excluding hydrogens is 188 g/mol. The highest BCUT2D eigenvalue weighted by Gasteiger charge is 2.11. The molecule has 0 aliphatic heterocycles. The van der Waals surface area contributed by atoms with E-state index in [2.05, 4.69) is 0 Å². The molecule has 0 atom stereocenters. The Kier molecular flexibility index (Phi) is 4.78. The van der Waals surface area contributed by atoms with Crippen LogP contribution in [0.5, 0.6) is 0 Å². The Morgan fingerprint density at radius 2 is 1.86 bits per heavy atom. The van der Waals surface area contributed by atoms with Crippen molar-refractivity contribution in [1.82, 2.24) is 0 Å². The van der Waals surface area contributed by atoms with Crippen molar-refractivity contribution >= 4 is 11.9 Å². The second kappa shape index (κ2) is 5.59. The fraction of sp³-hybridized carbons (Fsp3) is 0.375. The number of nitriles is 1. The van der Waals surface area contributed by atoms with Crippen molar-refractivity contribution in [3.63, 3.8) is 0 Å². The van der Waals surface area contributed by atoms with Gasteiger partial charge >= 0.3 is 5.97 Å². The lowest BCUT2D eigenvalue weighted by atomic mass is 10.1. The number of carboxylic acids is 1. The van der Waals surface area contributed by atoms with Gasteiger partial charge in [0.1, 0.15) is 11.8 Å². The zero-order valence-corrected chi connectivity index (χ0v) is 7.36. The minimum Gasteiger partial charge on any atom is -0.511 e. The maximum Gasteiger partial charge on any atom is 0.303 e. The summed E-state index contributed by atoms with van der Waals surface area (Å²) < 4.78 is 0. The Bertz CT molecular complexity index is 314. The summed E-state index contributed by atoms with van der Waals surface area (Å²) in [6.45, 7) is 0. The number of aliphatic hydroxyl groups is 1. The average molecular weight is 198 g/mol. The van der Waals surface area contributed by atoms with E-state index in [0.29, 0.717) is 0 Å². The van der Waals surface area contributed by atoms with Crippen LogP contribution in [0.1, 0.15) is 19.3 Å². The van der Waals surface area contributed by atoms with Gasteiger partial charge in [-0.25, -0.2) is 0 Å². The first-order chi connectivity index (χ1) is 6.49. The second-order valence-corrected chi connectivity index (χ2v) is 2.55. The van der Waals surface area contributed by atoms with Gasteiger partial charge in [-0.3, -0.25) is 9.59 Å². The first kappa shape index (κ1) is 12.0. The fourth-order valence-electron chi connectivity index (χ4n) is 0.794. The standard InChI is InChI=1S/C8H10N2O4/c9-4-5(8(10)14)6(11)2-1-3-7(12)13/h11H,1-3H2,(H2,10,14)(H,12,13)/b6-5-. The Morgan fingerprint density at radius 3 is 2.21 bits per heavy atom. The number of carbonyl (C=O) groups excluding carboxylic acids is 1. The van der Waals surface area contributed by atoms with Crippen LogP contribution in [0.3, 0.4) is 0 Å². The number of primary amides is 1. The molecule has 0 aromatic heterocycles. The molecule has 0 fully saturated rings. The molecule has 0 bridgehead atoms. The monoisotopic (exact) mass is 198 g/mol. The number of carboxylic acid groups (broad SMARTS) is 1. The molecule has 1 amide bonds. The number of hydrogen-bond donors (Lipinski definition) is 3. The van der Waals surface area contributed by atoms with Crippen LogP contribution in [0, 0.1) is 11.3 Å². The first-order valence-electron chi connectivity index (χ1n) is 3.82. The van der Waals surface area contributed by atoms with Gasteiger partial charge in [-0.1, -0.05) is 0 Å². The third-order valence-corrected chi connectivity index (χ3v) is 1.45. The molecular formula is C8H10N2O4. The summed E-state index contributed by atoms with van der Waals surface area (Å²) in [6, 6.07) is 1.45. The summed E-state index contributed by atoms with van der Waals surface area (Å²) in [4.78, 5) is 20.6. The molecule has 0 aromatic rings. The van der Waals surface area contributed by atoms with E-state index in [1.165, 1.54) is 6.07 Å². The van der Waals surface area contributed by atoms with Gasteiger partial charge in [0.2, 0.25) is 0 Å². The maximum absolute atomic E-state index is 10.5. The van der Waals surface area contributed by atoms with Gasteiger partial charge in [0.15, 0.2) is 5.57 Å². The van der Waals surface area contributed by atoms with Gasteiger partial charge in [-0.15, -0.1) is 0 Å². The van der Waals surface area contributed by atoms with Crippen molar-refractivity contribution in [3.05, 3.63) is 11.3 Å². The molecule has 4 N–H and O–H groups in total. The van der Waals surface area contributed by atoms with Crippen LogP contribution in [-0.4, -0.2) is 22.1 Å². The zero-order chi connectivity index (χ0) is 11.1. The normalized spacial score (nSPS) is 11.4. The third-order valence-electron chi connectivity index (χ3n) is 1.45. The van der Waals surface area contributed by atoms with E-state index in [-0.39, 0.29) is 19.3 Å². The summed E-state index contributed by atoms with van der Waals surface area (Å²) >= 11 is 0. The quantitative estimate of drug-likeness (QED) is 0.327. The summed E-state index contributed by atoms with van der Waals surface area (Å²) in [7, 11) is 0. The highest BCUT2D eigenvalue weighted by molar-refractivity contribution is 5.96. The number of nitrogens with two attached hydrogens (primary N) is 1. The molecule has 14 heavy (non-hydrogen) atoms. The summed E-state index contributed by atoms with van der Waals surface area (Å²) in [5, 5.41) is 25.8. The zero-order valence-electron chi connectivity index (χ0n) is 7.36. The minimum absolute atomic E-state index is 0.0435. The third kappa shape index (κ3) is 4.11. The number of hydrogen-bond acceptors (Lipinski definition) is 4. The Morgan fingerprint density at radius 1 is 1.29 bits per heavy atom. The number of nitrogens with zero attached hydrogens (tertiary/aromatic N) is 1. The molecule has 6 nitrogen and oxygen atoms in total. The molecule has 0 radical (unpaired) electrons. The van der Waals surface area contributed by atoms with Gasteiger partial charge in [0, 0.05) is 12.8 Å². The van der Waals surface area contributed by atoms with Crippen LogP contribution in [0.4, 0.5) is 0 Å². The van der Waals surface area contributed by atoms with E-state index in [4.69, 9.17) is 21.2 Å². The predicted molar refractivity (Wildman–Crippen MR) is 45.9 cm³/mol. The van der Waals surface area contributed by atoms with Crippen LogP contribution in [-0.2, 0) is 9.59 Å². The Balaban J connectivity index is 4.30. The van der Waals surface area contributed by atoms with Crippen molar-refractivity contribution in [2.45, 2.75) is 19.3 Å². The van der Waals surface area contributed by atoms with Crippen LogP contribution in [0.2, 0.25) is 0 Å². The smallest absolute Gasteiger partial charge is 0.303 e. The minimum atomic E-state index is -1.01. The van der Waals surface area contributed by atoms with Crippen molar-refractivity contribution in [1.29, 1.82) is 5.26 Å². The van der Waals surface area contributed by atoms with E-state index >= 15 is 0 Å². The summed E-state index contributed by atoms with van der Waals surface area (Å²) in [5.41, 5.74) is 4.27. The van der Waals surface area contributed by atoms with Gasteiger partial charge in [0.25, 0.3) is 5.91 Å². The van der Waals surface area contributed by atoms with Crippen molar-refractivity contribution in [3.8, 4) is 6.07 Å². The van der Waals surface area contributed by atoms with Crippen LogP contribution in [0.25, 0.3) is 0 Å². The lowest BCUT2D eigenvalue weighted by Gasteiger charge is -1.99. The number of carbonyl (C=O) groups is 2. The van der Waals surface area contributed by atoms with Crippen LogP contribution in [0.15, 0.2) is 11.3 Å². The molecule has 0 rings (SSSR count). The highest BCUT2D eigenvalue weighted by Crippen LogP contribution is 2.09. The Labute approximate surface area is 80.2 Å². The van der Waals surface area contributed by atoms with E-state index in [9.17, 15) is 9.59 Å². The van der Waals surface area contributed by atoms with Gasteiger partial charge < -0.3 is 15.9 Å². The molecule has 0 saturated carbocycles. The molecule has 0 aromatic carbocycles. The number of rotatable bonds is 5. The van der Waals surface area contributed by atoms with E-state index in [0.717, 1.165) is 0 Å². The molecule has 0 unspecified atom stereocenters. The fourth-order valence-corrected chi connectivity index (χ4v) is 0.794. The summed E-state index contributed by atoms with van der Waals surface area (Å²) in [6.07, 6.45) is -0.0285. The lowest BCUT2D eigenvalue weighted by Crippen LogP contribution is -2.15. The largest absolute Gasteiger partial charge is 0.511 e. The number of aliphatic carboxylic acids is 1. The van der Waals surface area contributed by atoms with Gasteiger partial charge in [-0.2, -0.15) is 5.26 Å². The Hall–Kier alpha value is -2.03. The molecule has 0 aliphatic carbocycles.